The summed E-state index contributed by atoms with van der Waals surface area (Å²) in [4.78, 5) is 3.29. The molecule has 0 spiro atoms. The van der Waals surface area contributed by atoms with Crippen LogP contribution in [-0.2, 0) is 6.42 Å². The highest BCUT2D eigenvalue weighted by Crippen LogP contribution is 2.17. The molecule has 0 amide bonds. The van der Waals surface area contributed by atoms with Gasteiger partial charge in [-0.15, -0.1) is 0 Å². The second-order valence-electron chi connectivity index (χ2n) is 3.92. The first-order valence-corrected chi connectivity index (χ1v) is 7.08. The predicted octanol–water partition coefficient (Wildman–Crippen LogP) is 3.15. The van der Waals surface area contributed by atoms with Gasteiger partial charge in [-0.25, -0.2) is 0 Å². The Labute approximate surface area is 98.2 Å². The minimum absolute atomic E-state index is 0.721. The van der Waals surface area contributed by atoms with Crippen molar-refractivity contribution < 1.29 is 0 Å². The van der Waals surface area contributed by atoms with Gasteiger partial charge in [0.1, 0.15) is 0 Å². The summed E-state index contributed by atoms with van der Waals surface area (Å²) in [6, 6.07) is 2.24. The first-order valence-electron chi connectivity index (χ1n) is 5.22. The number of nitrogens with zero attached hydrogens (tertiary/aromatic N) is 1. The minimum atomic E-state index is 0.721. The maximum Gasteiger partial charge on any atom is 0.0273 e. The van der Waals surface area contributed by atoms with Crippen LogP contribution < -0.4 is 0 Å². The zero-order chi connectivity index (χ0) is 9.80. The van der Waals surface area contributed by atoms with Crippen molar-refractivity contribution in [2.24, 2.45) is 0 Å². The van der Waals surface area contributed by atoms with Crippen molar-refractivity contribution in [1.29, 1.82) is 0 Å². The summed E-state index contributed by atoms with van der Waals surface area (Å²) in [6.07, 6.45) is 3.90. The van der Waals surface area contributed by atoms with Crippen LogP contribution in [0.15, 0.2) is 16.8 Å². The van der Waals surface area contributed by atoms with Gasteiger partial charge in [-0.3, -0.25) is 0 Å². The van der Waals surface area contributed by atoms with Crippen LogP contribution >= 0.6 is 27.3 Å². The van der Waals surface area contributed by atoms with Crippen molar-refractivity contribution in [1.82, 2.24) is 4.90 Å². The van der Waals surface area contributed by atoms with Gasteiger partial charge in [0.2, 0.25) is 0 Å². The van der Waals surface area contributed by atoms with E-state index >= 15 is 0 Å². The number of halogens is 1. The summed E-state index contributed by atoms with van der Waals surface area (Å²) in [7, 11) is 0. The highest BCUT2D eigenvalue weighted by atomic mass is 79.9. The average Bonchev–Trinajstić information content (AvgIpc) is 2.67. The normalized spacial score (nSPS) is 23.9. The minimum Gasteiger partial charge on any atom is -0.302 e. The molecule has 1 nitrogen and oxygen atoms in total. The lowest BCUT2D eigenvalue weighted by molar-refractivity contribution is 0.238. The maximum atomic E-state index is 3.71. The van der Waals surface area contributed by atoms with Crippen LogP contribution in [0.25, 0.3) is 0 Å². The quantitative estimate of drug-likeness (QED) is 0.765. The lowest BCUT2D eigenvalue weighted by Gasteiger charge is -2.29. The fourth-order valence-corrected chi connectivity index (χ4v) is 3.36. The first-order chi connectivity index (χ1) is 6.84. The molecule has 3 heteroatoms. The van der Waals surface area contributed by atoms with Crippen LogP contribution in [-0.4, -0.2) is 29.4 Å². The molecule has 1 atom stereocenters. The summed E-state index contributed by atoms with van der Waals surface area (Å²) in [6.45, 7) is 3.73. The third-order valence-corrected chi connectivity index (χ3v) is 4.22. The third kappa shape index (κ3) is 3.07. The topological polar surface area (TPSA) is 3.24 Å². The van der Waals surface area contributed by atoms with Crippen LogP contribution in [0.1, 0.15) is 18.4 Å². The zero-order valence-electron chi connectivity index (χ0n) is 8.29. The molecule has 0 saturated carbocycles. The van der Waals surface area contributed by atoms with Crippen molar-refractivity contribution in [2.45, 2.75) is 24.1 Å². The van der Waals surface area contributed by atoms with Gasteiger partial charge >= 0.3 is 0 Å². The van der Waals surface area contributed by atoms with Gasteiger partial charge < -0.3 is 4.90 Å². The third-order valence-electron chi connectivity index (χ3n) is 2.74. The van der Waals surface area contributed by atoms with Crippen LogP contribution in [0.5, 0.6) is 0 Å². The van der Waals surface area contributed by atoms with Gasteiger partial charge in [0, 0.05) is 17.9 Å². The number of hydrogen-bond donors (Lipinski definition) is 0. The van der Waals surface area contributed by atoms with E-state index in [0.717, 1.165) is 4.83 Å². The van der Waals surface area contributed by atoms with Gasteiger partial charge in [0.25, 0.3) is 0 Å². The Balaban J connectivity index is 1.75. The number of rotatable bonds is 3. The van der Waals surface area contributed by atoms with Gasteiger partial charge in [-0.1, -0.05) is 15.9 Å². The molecule has 0 aromatic carbocycles. The molecule has 1 saturated heterocycles. The molecule has 1 aromatic rings. The molecule has 1 unspecified atom stereocenters. The average molecular weight is 274 g/mol. The van der Waals surface area contributed by atoms with E-state index in [9.17, 15) is 0 Å². The molecule has 1 fully saturated rings. The van der Waals surface area contributed by atoms with Gasteiger partial charge in [-0.2, -0.15) is 11.3 Å². The SMILES string of the molecule is BrC1CCCN(CCc2ccsc2)C1. The van der Waals surface area contributed by atoms with E-state index in [1.165, 1.54) is 44.5 Å². The molecule has 1 aliphatic heterocycles. The first kappa shape index (κ1) is 10.7. The van der Waals surface area contributed by atoms with Crippen LogP contribution in [0, 0.1) is 0 Å². The van der Waals surface area contributed by atoms with E-state index in [0.29, 0.717) is 0 Å². The molecule has 0 bridgehead atoms. The number of likely N-dealkylation sites (tertiary alicyclic amines) is 1. The lowest BCUT2D eigenvalue weighted by atomic mass is 10.1. The Morgan fingerprint density at radius 3 is 3.21 bits per heavy atom. The van der Waals surface area contributed by atoms with Crippen molar-refractivity contribution in [3.63, 3.8) is 0 Å². The Morgan fingerprint density at radius 2 is 2.50 bits per heavy atom. The number of hydrogen-bond acceptors (Lipinski definition) is 2. The Kier molecular flexibility index (Phi) is 4.02. The fourth-order valence-electron chi connectivity index (χ4n) is 1.92. The second kappa shape index (κ2) is 5.29. The van der Waals surface area contributed by atoms with Crippen LogP contribution in [0.2, 0.25) is 0 Å². The number of piperidine rings is 1. The molecule has 2 heterocycles. The van der Waals surface area contributed by atoms with Gasteiger partial charge in [0.05, 0.1) is 0 Å². The van der Waals surface area contributed by atoms with E-state index in [1.54, 1.807) is 11.3 Å². The molecule has 1 aliphatic rings. The van der Waals surface area contributed by atoms with Crippen LogP contribution in [0.4, 0.5) is 0 Å². The number of thiophene rings is 1. The molecule has 1 aromatic heterocycles. The Bertz CT molecular complexity index is 260. The zero-order valence-corrected chi connectivity index (χ0v) is 10.7. The molecular weight excluding hydrogens is 258 g/mol. The van der Waals surface area contributed by atoms with E-state index < -0.39 is 0 Å². The predicted molar refractivity (Wildman–Crippen MR) is 66.4 cm³/mol. The summed E-state index contributed by atoms with van der Waals surface area (Å²) >= 11 is 5.51. The summed E-state index contributed by atoms with van der Waals surface area (Å²) in [5, 5.41) is 4.42. The second-order valence-corrected chi connectivity index (χ2v) is 6.00. The van der Waals surface area contributed by atoms with Crippen LogP contribution in [0.3, 0.4) is 0 Å². The summed E-state index contributed by atoms with van der Waals surface area (Å²) < 4.78 is 0. The van der Waals surface area contributed by atoms with E-state index in [4.69, 9.17) is 0 Å². The fraction of sp³-hybridized carbons (Fsp3) is 0.636. The standard InChI is InChI=1S/C11H16BrNS/c12-11-2-1-5-13(8-11)6-3-10-4-7-14-9-10/h4,7,9,11H,1-3,5-6,8H2. The van der Waals surface area contributed by atoms with Crippen molar-refractivity contribution in [2.75, 3.05) is 19.6 Å². The molecule has 2 rings (SSSR count). The van der Waals surface area contributed by atoms with Crippen molar-refractivity contribution in [3.8, 4) is 0 Å². The lowest BCUT2D eigenvalue weighted by Crippen LogP contribution is -2.36. The van der Waals surface area contributed by atoms with E-state index in [-0.39, 0.29) is 0 Å². The van der Waals surface area contributed by atoms with Gasteiger partial charge in [-0.05, 0) is 48.2 Å². The van der Waals surface area contributed by atoms with Gasteiger partial charge in [0.15, 0.2) is 0 Å². The summed E-state index contributed by atoms with van der Waals surface area (Å²) in [5.41, 5.74) is 1.49. The monoisotopic (exact) mass is 273 g/mol. The molecule has 14 heavy (non-hydrogen) atoms. The maximum absolute atomic E-state index is 3.71. The molecular formula is C11H16BrNS. The molecule has 0 aliphatic carbocycles. The highest BCUT2D eigenvalue weighted by Gasteiger charge is 2.16. The van der Waals surface area contributed by atoms with Crippen molar-refractivity contribution in [3.05, 3.63) is 22.4 Å². The largest absolute Gasteiger partial charge is 0.302 e. The molecule has 78 valence electrons. The smallest absolute Gasteiger partial charge is 0.0273 e. The number of alkyl halides is 1. The van der Waals surface area contributed by atoms with Crippen molar-refractivity contribution >= 4 is 27.3 Å². The Morgan fingerprint density at radius 1 is 1.57 bits per heavy atom. The van der Waals surface area contributed by atoms with E-state index in [1.807, 2.05) is 0 Å². The van der Waals surface area contributed by atoms with E-state index in [2.05, 4.69) is 37.7 Å². The molecule has 0 radical (unpaired) electrons. The summed E-state index contributed by atoms with van der Waals surface area (Å²) in [5.74, 6) is 0. The Hall–Kier alpha value is 0.140. The highest BCUT2D eigenvalue weighted by molar-refractivity contribution is 9.09. The molecule has 0 N–H and O–H groups in total.